The fourth-order valence-electron chi connectivity index (χ4n) is 5.04. The van der Waals surface area contributed by atoms with Crippen LogP contribution in [0.1, 0.15) is 11.1 Å². The smallest absolute Gasteiger partial charge is 0.225 e. The van der Waals surface area contributed by atoms with Crippen LogP contribution in [-0.4, -0.2) is 38.7 Å². The third-order valence-electron chi connectivity index (χ3n) is 6.74. The van der Waals surface area contributed by atoms with Crippen LogP contribution in [0, 0.1) is 11.7 Å². The molecule has 0 unspecified atom stereocenters. The second-order valence-corrected chi connectivity index (χ2v) is 8.70. The predicted molar refractivity (Wildman–Crippen MR) is 128 cm³/mol. The van der Waals surface area contributed by atoms with E-state index in [0.29, 0.717) is 13.0 Å². The summed E-state index contributed by atoms with van der Waals surface area (Å²) in [4.78, 5) is 18.1. The van der Waals surface area contributed by atoms with Crippen LogP contribution in [0.2, 0.25) is 0 Å². The summed E-state index contributed by atoms with van der Waals surface area (Å²) in [6.07, 6.45) is 0.665. The number of nitrogens with one attached hydrogen (secondary N) is 1. The van der Waals surface area contributed by atoms with Gasteiger partial charge >= 0.3 is 0 Å². The highest BCUT2D eigenvalue weighted by molar-refractivity contribution is 5.82. The summed E-state index contributed by atoms with van der Waals surface area (Å²) in [5.41, 5.74) is 4.25. The molecule has 0 saturated carbocycles. The number of methoxy groups -OCH3 is 1. The van der Waals surface area contributed by atoms with Crippen LogP contribution in [0.5, 0.6) is 5.75 Å². The lowest BCUT2D eigenvalue weighted by Gasteiger charge is -2.49. The van der Waals surface area contributed by atoms with Gasteiger partial charge in [0, 0.05) is 43.6 Å². The van der Waals surface area contributed by atoms with Gasteiger partial charge in [0.25, 0.3) is 0 Å². The van der Waals surface area contributed by atoms with E-state index in [4.69, 9.17) is 4.74 Å². The number of hydrogen-bond donors (Lipinski definition) is 1. The highest BCUT2D eigenvalue weighted by atomic mass is 19.1. The number of para-hydroxylation sites is 1. The third-order valence-corrected chi connectivity index (χ3v) is 6.74. The van der Waals surface area contributed by atoms with Gasteiger partial charge in [0.05, 0.1) is 19.1 Å². The summed E-state index contributed by atoms with van der Waals surface area (Å²) in [7, 11) is 1.68. The number of fused-ring (bicyclic) bond motifs is 3. The molecule has 2 heterocycles. The number of halogens is 1. The fraction of sp³-hybridized carbons (Fsp3) is 0.296. The lowest BCUT2D eigenvalue weighted by atomic mass is 9.83. The third kappa shape index (κ3) is 4.38. The maximum atomic E-state index is 13.6. The van der Waals surface area contributed by atoms with Crippen molar-refractivity contribution in [1.29, 1.82) is 0 Å². The maximum absolute atomic E-state index is 13.6. The van der Waals surface area contributed by atoms with Gasteiger partial charge in [-0.1, -0.05) is 36.4 Å². The Balaban J connectivity index is 1.41. The first-order valence-electron chi connectivity index (χ1n) is 11.4. The number of hydrogen-bond acceptors (Lipinski definition) is 4. The molecule has 5 nitrogen and oxygen atoms in total. The highest BCUT2D eigenvalue weighted by Crippen LogP contribution is 2.39. The molecule has 2 atom stereocenters. The Hall–Kier alpha value is -3.54. The number of anilines is 2. The number of amides is 1. The lowest BCUT2D eigenvalue weighted by molar-refractivity contribution is -0.126. The van der Waals surface area contributed by atoms with Crippen LogP contribution in [0.25, 0.3) is 0 Å². The van der Waals surface area contributed by atoms with Gasteiger partial charge in [0.1, 0.15) is 11.6 Å². The van der Waals surface area contributed by atoms with Crippen LogP contribution in [0.15, 0.2) is 72.8 Å². The van der Waals surface area contributed by atoms with E-state index in [1.165, 1.54) is 17.8 Å². The normalized spacial score (nSPS) is 19.5. The molecule has 2 aliphatic rings. The Kier molecular flexibility index (Phi) is 5.90. The summed E-state index contributed by atoms with van der Waals surface area (Å²) < 4.78 is 19.0. The Morgan fingerprint density at radius 1 is 1.06 bits per heavy atom. The lowest BCUT2D eigenvalue weighted by Crippen LogP contribution is -2.61. The average Bonchev–Trinajstić information content (AvgIpc) is 2.86. The molecule has 3 aromatic rings. The topological polar surface area (TPSA) is 44.8 Å². The number of nitrogens with zero attached hydrogens (tertiary/aromatic N) is 2. The van der Waals surface area contributed by atoms with Crippen molar-refractivity contribution in [3.8, 4) is 5.75 Å². The van der Waals surface area contributed by atoms with E-state index in [9.17, 15) is 9.18 Å². The van der Waals surface area contributed by atoms with E-state index in [1.807, 2.05) is 30.3 Å². The number of piperazine rings is 1. The van der Waals surface area contributed by atoms with Gasteiger partial charge in [-0.15, -0.1) is 0 Å². The fourth-order valence-corrected chi connectivity index (χ4v) is 5.04. The predicted octanol–water partition coefficient (Wildman–Crippen LogP) is 4.02. The first kappa shape index (κ1) is 21.3. The van der Waals surface area contributed by atoms with Crippen LogP contribution in [-0.2, 0) is 17.8 Å². The van der Waals surface area contributed by atoms with E-state index in [0.717, 1.165) is 42.2 Å². The summed E-state index contributed by atoms with van der Waals surface area (Å²) in [6.45, 7) is 2.79. The van der Waals surface area contributed by atoms with Crippen molar-refractivity contribution in [2.24, 2.45) is 5.92 Å². The van der Waals surface area contributed by atoms with E-state index in [2.05, 4.69) is 39.4 Å². The van der Waals surface area contributed by atoms with Crippen LogP contribution in [0.4, 0.5) is 15.8 Å². The number of rotatable bonds is 5. The standard InChI is InChI=1S/C27H28FN3O2/c1-33-23-11-10-20-15-24(27(32)29-17-19-6-5-7-21(28)14-19)26-18-30(22-8-3-2-4-9-22)12-13-31(26)25(20)16-23/h2-11,14,16,24,26H,12-13,15,17-18H2,1H3,(H,29,32)/t24-,26-/m0/s1. The quantitative estimate of drug-likeness (QED) is 0.645. The first-order valence-corrected chi connectivity index (χ1v) is 11.4. The van der Waals surface area contributed by atoms with E-state index >= 15 is 0 Å². The zero-order valence-electron chi connectivity index (χ0n) is 18.7. The molecular formula is C27H28FN3O2. The summed E-state index contributed by atoms with van der Waals surface area (Å²) in [5, 5.41) is 3.06. The van der Waals surface area contributed by atoms with Crippen molar-refractivity contribution in [2.75, 3.05) is 36.5 Å². The van der Waals surface area contributed by atoms with E-state index < -0.39 is 0 Å². The molecule has 1 amide bonds. The molecule has 2 aliphatic heterocycles. The van der Waals surface area contributed by atoms with Gasteiger partial charge in [-0.05, 0) is 47.9 Å². The van der Waals surface area contributed by atoms with Crippen LogP contribution >= 0.6 is 0 Å². The molecule has 33 heavy (non-hydrogen) atoms. The average molecular weight is 446 g/mol. The Morgan fingerprint density at radius 2 is 1.91 bits per heavy atom. The summed E-state index contributed by atoms with van der Waals surface area (Å²) in [6, 6.07) is 22.9. The molecule has 6 heteroatoms. The molecule has 0 spiro atoms. The Bertz CT molecular complexity index is 1140. The van der Waals surface area contributed by atoms with Crippen molar-refractivity contribution in [3.63, 3.8) is 0 Å². The number of carbonyl (C=O) groups excluding carboxylic acids is 1. The number of benzene rings is 3. The second-order valence-electron chi connectivity index (χ2n) is 8.70. The largest absolute Gasteiger partial charge is 0.497 e. The van der Waals surface area contributed by atoms with Crippen molar-refractivity contribution in [2.45, 2.75) is 19.0 Å². The first-order chi connectivity index (χ1) is 16.1. The van der Waals surface area contributed by atoms with Gasteiger partial charge < -0.3 is 19.9 Å². The molecular weight excluding hydrogens is 417 g/mol. The second kappa shape index (κ2) is 9.14. The van der Waals surface area contributed by atoms with Crippen molar-refractivity contribution >= 4 is 17.3 Å². The van der Waals surface area contributed by atoms with Crippen LogP contribution in [0.3, 0.4) is 0 Å². The minimum absolute atomic E-state index is 0.00522. The number of ether oxygens (including phenoxy) is 1. The van der Waals surface area contributed by atoms with E-state index in [1.54, 1.807) is 13.2 Å². The molecule has 1 N–H and O–H groups in total. The van der Waals surface area contributed by atoms with E-state index in [-0.39, 0.29) is 23.7 Å². The molecule has 0 bridgehead atoms. The zero-order valence-corrected chi connectivity index (χ0v) is 18.7. The molecule has 1 saturated heterocycles. The van der Waals surface area contributed by atoms with Crippen LogP contribution < -0.4 is 19.9 Å². The molecule has 0 radical (unpaired) electrons. The SMILES string of the molecule is COc1ccc2c(c1)N1CCN(c3ccccc3)C[C@H]1[C@@H](C(=O)NCc1cccc(F)c1)C2. The van der Waals surface area contributed by atoms with Gasteiger partial charge in [0.15, 0.2) is 0 Å². The zero-order chi connectivity index (χ0) is 22.8. The minimum Gasteiger partial charge on any atom is -0.497 e. The highest BCUT2D eigenvalue weighted by Gasteiger charge is 2.41. The molecule has 170 valence electrons. The molecule has 0 aromatic heterocycles. The molecule has 0 aliphatic carbocycles. The Labute approximate surface area is 193 Å². The summed E-state index contributed by atoms with van der Waals surface area (Å²) >= 11 is 0. The maximum Gasteiger partial charge on any atom is 0.225 e. The monoisotopic (exact) mass is 445 g/mol. The summed E-state index contributed by atoms with van der Waals surface area (Å²) in [5.74, 6) is 0.336. The van der Waals surface area contributed by atoms with Crippen molar-refractivity contribution in [1.82, 2.24) is 5.32 Å². The van der Waals surface area contributed by atoms with Gasteiger partial charge in [0.2, 0.25) is 5.91 Å². The van der Waals surface area contributed by atoms with Crippen molar-refractivity contribution in [3.05, 3.63) is 89.7 Å². The van der Waals surface area contributed by atoms with Gasteiger partial charge in [-0.25, -0.2) is 4.39 Å². The molecule has 5 rings (SSSR count). The van der Waals surface area contributed by atoms with Crippen molar-refractivity contribution < 1.29 is 13.9 Å². The van der Waals surface area contributed by atoms with Gasteiger partial charge in [-0.2, -0.15) is 0 Å². The van der Waals surface area contributed by atoms with Gasteiger partial charge in [-0.3, -0.25) is 4.79 Å². The molecule has 3 aromatic carbocycles. The minimum atomic E-state index is -0.292. The Morgan fingerprint density at radius 3 is 2.70 bits per heavy atom. The number of carbonyl (C=O) groups is 1. The molecule has 1 fully saturated rings.